The summed E-state index contributed by atoms with van der Waals surface area (Å²) in [6, 6.07) is 6.63. The summed E-state index contributed by atoms with van der Waals surface area (Å²) in [6.07, 6.45) is 9.96. The van der Waals surface area contributed by atoms with E-state index >= 15 is 0 Å². The van der Waals surface area contributed by atoms with Crippen molar-refractivity contribution >= 4 is 22.7 Å². The first-order valence-electron chi connectivity index (χ1n) is 9.14. The number of nitriles is 1. The number of benzene rings is 1. The van der Waals surface area contributed by atoms with Crippen molar-refractivity contribution in [1.82, 2.24) is 15.2 Å². The fourth-order valence-corrected chi connectivity index (χ4v) is 3.70. The van der Waals surface area contributed by atoms with Crippen LogP contribution in [0.15, 0.2) is 30.5 Å². The zero-order chi connectivity index (χ0) is 18.5. The van der Waals surface area contributed by atoms with Gasteiger partial charge in [0.25, 0.3) is 11.8 Å². The van der Waals surface area contributed by atoms with Gasteiger partial charge in [-0.25, -0.2) is 0 Å². The molecular formula is C20H24N4O2. The minimum absolute atomic E-state index is 0.284. The molecule has 0 spiro atoms. The lowest BCUT2D eigenvalue weighted by Gasteiger charge is -2.27. The monoisotopic (exact) mass is 352 g/mol. The number of aromatic amines is 1. The van der Waals surface area contributed by atoms with Gasteiger partial charge in [0.1, 0.15) is 6.04 Å². The molecule has 1 aliphatic carbocycles. The summed E-state index contributed by atoms with van der Waals surface area (Å²) in [5.41, 5.74) is 1.47. The van der Waals surface area contributed by atoms with Crippen LogP contribution in [-0.2, 0) is 4.79 Å². The minimum Gasteiger partial charge on any atom is -0.361 e. The number of nitrogens with one attached hydrogen (secondary N) is 2. The van der Waals surface area contributed by atoms with Crippen LogP contribution in [0.2, 0.25) is 0 Å². The highest BCUT2D eigenvalue weighted by Gasteiger charge is 2.28. The molecule has 1 aliphatic rings. The predicted molar refractivity (Wildman–Crippen MR) is 99.1 cm³/mol. The highest BCUT2D eigenvalue weighted by Crippen LogP contribution is 2.28. The Hall–Kier alpha value is -2.81. The van der Waals surface area contributed by atoms with E-state index in [1.54, 1.807) is 12.1 Å². The predicted octanol–water partition coefficient (Wildman–Crippen LogP) is 3.18. The number of nitrogens with zero attached hydrogens (tertiary/aromatic N) is 2. The molecule has 1 atom stereocenters. The van der Waals surface area contributed by atoms with E-state index in [0.717, 1.165) is 41.5 Å². The topological polar surface area (TPSA) is 89.0 Å². The van der Waals surface area contributed by atoms with E-state index in [-0.39, 0.29) is 11.8 Å². The molecule has 0 bridgehead atoms. The Morgan fingerprint density at radius 2 is 2.08 bits per heavy atom. The Morgan fingerprint density at radius 3 is 2.81 bits per heavy atom. The number of amides is 2. The maximum Gasteiger partial charge on any atom is 0.257 e. The Balaban J connectivity index is 1.75. The molecule has 1 fully saturated rings. The largest absolute Gasteiger partial charge is 0.361 e. The normalized spacial score (nSPS) is 16.0. The third-order valence-corrected chi connectivity index (χ3v) is 5.19. The lowest BCUT2D eigenvalue weighted by molar-refractivity contribution is -0.129. The van der Waals surface area contributed by atoms with E-state index in [9.17, 15) is 9.59 Å². The molecule has 26 heavy (non-hydrogen) atoms. The van der Waals surface area contributed by atoms with Crippen molar-refractivity contribution in [3.8, 4) is 6.19 Å². The second-order valence-corrected chi connectivity index (χ2v) is 7.04. The molecule has 136 valence electrons. The van der Waals surface area contributed by atoms with Crippen LogP contribution in [0.1, 0.15) is 48.9 Å². The van der Waals surface area contributed by atoms with Crippen molar-refractivity contribution in [3.63, 3.8) is 0 Å². The van der Waals surface area contributed by atoms with Crippen molar-refractivity contribution in [2.24, 2.45) is 5.92 Å². The number of hydrogen-bond donors (Lipinski definition) is 2. The average molecular weight is 352 g/mol. The number of hydrogen-bond acceptors (Lipinski definition) is 3. The average Bonchev–Trinajstić information content (AvgIpc) is 3.14. The van der Waals surface area contributed by atoms with Crippen molar-refractivity contribution in [2.45, 2.75) is 44.6 Å². The van der Waals surface area contributed by atoms with Crippen LogP contribution >= 0.6 is 0 Å². The number of carbonyl (C=O) groups excluding carboxylic acids is 2. The van der Waals surface area contributed by atoms with Crippen LogP contribution in [-0.4, -0.2) is 34.8 Å². The molecule has 6 heteroatoms. The van der Waals surface area contributed by atoms with Gasteiger partial charge in [-0.15, -0.1) is 0 Å². The quantitative estimate of drug-likeness (QED) is 0.640. The molecule has 1 saturated carbocycles. The fourth-order valence-electron chi connectivity index (χ4n) is 3.70. The van der Waals surface area contributed by atoms with Gasteiger partial charge in [-0.2, -0.15) is 5.26 Å². The molecule has 0 aliphatic heterocycles. The summed E-state index contributed by atoms with van der Waals surface area (Å²) in [4.78, 5) is 29.4. The molecule has 1 heterocycles. The van der Waals surface area contributed by atoms with Crippen molar-refractivity contribution < 1.29 is 9.59 Å². The molecule has 0 unspecified atom stereocenters. The third kappa shape index (κ3) is 4.05. The molecule has 1 aromatic heterocycles. The van der Waals surface area contributed by atoms with Gasteiger partial charge in [0.15, 0.2) is 6.19 Å². The number of aromatic nitrogens is 1. The molecule has 2 aromatic rings. The fraction of sp³-hybridized carbons (Fsp3) is 0.450. The standard InChI is InChI=1S/C20H24N4O2/c1-24(13-21)20(26)18(11-14-5-3-2-4-6-14)23-19(25)16-7-8-17-15(12-16)9-10-22-17/h7-10,12,14,18,22H,2-6,11H2,1H3,(H,23,25)/t18-/m0/s1. The first-order chi connectivity index (χ1) is 12.6. The van der Waals surface area contributed by atoms with Gasteiger partial charge < -0.3 is 10.3 Å². The van der Waals surface area contributed by atoms with Crippen LogP contribution in [0.4, 0.5) is 0 Å². The second kappa shape index (κ2) is 8.05. The van der Waals surface area contributed by atoms with Gasteiger partial charge >= 0.3 is 0 Å². The molecule has 0 radical (unpaired) electrons. The number of rotatable bonds is 5. The Bertz CT molecular complexity index is 830. The van der Waals surface area contributed by atoms with E-state index in [1.165, 1.54) is 13.5 Å². The van der Waals surface area contributed by atoms with Crippen LogP contribution in [0.3, 0.4) is 0 Å². The van der Waals surface area contributed by atoms with E-state index < -0.39 is 6.04 Å². The molecule has 2 amide bonds. The van der Waals surface area contributed by atoms with Gasteiger partial charge in [0, 0.05) is 29.7 Å². The first kappa shape index (κ1) is 18.0. The van der Waals surface area contributed by atoms with Gasteiger partial charge in [0.05, 0.1) is 0 Å². The van der Waals surface area contributed by atoms with Gasteiger partial charge in [-0.05, 0) is 36.6 Å². The Morgan fingerprint density at radius 1 is 1.31 bits per heavy atom. The molecular weight excluding hydrogens is 328 g/mol. The summed E-state index contributed by atoms with van der Waals surface area (Å²) in [6.45, 7) is 0. The summed E-state index contributed by atoms with van der Waals surface area (Å²) in [5.74, 6) is -0.222. The van der Waals surface area contributed by atoms with Crippen LogP contribution in [0, 0.1) is 17.4 Å². The summed E-state index contributed by atoms with van der Waals surface area (Å²) >= 11 is 0. The van der Waals surface area contributed by atoms with Crippen molar-refractivity contribution in [3.05, 3.63) is 36.0 Å². The summed E-state index contributed by atoms with van der Waals surface area (Å²) in [7, 11) is 1.44. The zero-order valence-electron chi connectivity index (χ0n) is 15.0. The van der Waals surface area contributed by atoms with Crippen molar-refractivity contribution in [2.75, 3.05) is 7.05 Å². The molecule has 6 nitrogen and oxygen atoms in total. The molecule has 2 N–H and O–H groups in total. The lowest BCUT2D eigenvalue weighted by Crippen LogP contribution is -2.47. The lowest BCUT2D eigenvalue weighted by atomic mass is 9.84. The summed E-state index contributed by atoms with van der Waals surface area (Å²) in [5, 5.41) is 12.9. The van der Waals surface area contributed by atoms with E-state index in [0.29, 0.717) is 17.9 Å². The molecule has 3 rings (SSSR count). The van der Waals surface area contributed by atoms with Gasteiger partial charge in [-0.3, -0.25) is 14.5 Å². The maximum absolute atomic E-state index is 12.7. The van der Waals surface area contributed by atoms with Crippen molar-refractivity contribution in [1.29, 1.82) is 5.26 Å². The highest BCUT2D eigenvalue weighted by atomic mass is 16.2. The van der Waals surface area contributed by atoms with Crippen LogP contribution in [0.5, 0.6) is 0 Å². The summed E-state index contributed by atoms with van der Waals surface area (Å²) < 4.78 is 0. The van der Waals surface area contributed by atoms with E-state index in [1.807, 2.05) is 24.5 Å². The molecule has 0 saturated heterocycles. The van der Waals surface area contributed by atoms with Gasteiger partial charge in [-0.1, -0.05) is 32.1 Å². The number of carbonyl (C=O) groups is 2. The van der Waals surface area contributed by atoms with Crippen LogP contribution in [0.25, 0.3) is 10.9 Å². The third-order valence-electron chi connectivity index (χ3n) is 5.19. The van der Waals surface area contributed by atoms with E-state index in [2.05, 4.69) is 10.3 Å². The SMILES string of the molecule is CN(C#N)C(=O)[C@H](CC1CCCCC1)NC(=O)c1ccc2[nH]ccc2c1. The first-order valence-corrected chi connectivity index (χ1v) is 9.14. The second-order valence-electron chi connectivity index (χ2n) is 7.04. The zero-order valence-corrected chi connectivity index (χ0v) is 15.0. The number of fused-ring (bicyclic) bond motifs is 1. The number of likely N-dealkylation sites (N-methyl/N-ethyl adjacent to an activating group) is 1. The van der Waals surface area contributed by atoms with Gasteiger partial charge in [0.2, 0.25) is 0 Å². The maximum atomic E-state index is 12.7. The minimum atomic E-state index is -0.669. The smallest absolute Gasteiger partial charge is 0.257 e. The highest BCUT2D eigenvalue weighted by molar-refractivity contribution is 6.00. The molecule has 1 aromatic carbocycles. The van der Waals surface area contributed by atoms with Crippen LogP contribution < -0.4 is 5.32 Å². The number of H-pyrrole nitrogens is 1. The van der Waals surface area contributed by atoms with E-state index in [4.69, 9.17) is 5.26 Å². The Kier molecular flexibility index (Phi) is 5.57. The Labute approximate surface area is 153 Å².